The van der Waals surface area contributed by atoms with Crippen LogP contribution in [0.2, 0.25) is 0 Å². The maximum absolute atomic E-state index is 12.8. The molecule has 25 heavy (non-hydrogen) atoms. The zero-order valence-electron chi connectivity index (χ0n) is 13.2. The summed E-state index contributed by atoms with van der Waals surface area (Å²) in [5, 5.41) is 0. The molecule has 0 amide bonds. The van der Waals surface area contributed by atoms with Gasteiger partial charge in [-0.15, -0.1) is 0 Å². The lowest BCUT2D eigenvalue weighted by Gasteiger charge is -2.13. The van der Waals surface area contributed by atoms with Gasteiger partial charge < -0.3 is 4.42 Å². The molecule has 0 bridgehead atoms. The molecule has 1 aliphatic carbocycles. The fraction of sp³-hybridized carbons (Fsp3) is 0.0625. The van der Waals surface area contributed by atoms with Crippen LogP contribution in [0.1, 0.15) is 37.6 Å². The number of hydrogen-bond acceptors (Lipinski definition) is 4. The zero-order valence-corrected chi connectivity index (χ0v) is 13.2. The first-order valence-corrected chi connectivity index (χ1v) is 7.23. The lowest BCUT2D eigenvalue weighted by molar-refractivity contribution is -0.137. The number of carbonyl (C=O) groups excluding carboxylic acids is 3. The van der Waals surface area contributed by atoms with E-state index in [0.717, 1.165) is 18.4 Å². The number of benzene rings is 1. The molecule has 0 saturated carbocycles. The predicted octanol–water partition coefficient (Wildman–Crippen LogP) is 1.23. The first kappa shape index (κ1) is 17.0. The number of allylic oxidation sites excluding steroid dienone is 1. The second-order valence-corrected chi connectivity index (χ2v) is 5.67. The molecule has 0 fully saturated rings. The molecule has 1 aromatic carbocycles. The Hall–Kier alpha value is -2.83. The molecule has 0 saturated heterocycles. The largest absolute Gasteiger partial charge is 0.464 e. The SMILES string of the molecule is BC1=C(B)c2occ(C(=O)c3cccc(C(F)(F)F)c3)c2C(=O)C1=O. The number of rotatable bonds is 2. The number of alkyl halides is 3. The Labute approximate surface area is 141 Å². The van der Waals surface area contributed by atoms with Crippen molar-refractivity contribution in [3.63, 3.8) is 0 Å². The Morgan fingerprint density at radius 2 is 1.72 bits per heavy atom. The van der Waals surface area contributed by atoms with Crippen LogP contribution in [-0.4, -0.2) is 33.0 Å². The fourth-order valence-corrected chi connectivity index (χ4v) is 2.64. The molecule has 1 aromatic heterocycles. The Kier molecular flexibility index (Phi) is 3.82. The van der Waals surface area contributed by atoms with Gasteiger partial charge in [0.1, 0.15) is 27.7 Å². The van der Waals surface area contributed by atoms with Crippen molar-refractivity contribution in [2.24, 2.45) is 0 Å². The summed E-state index contributed by atoms with van der Waals surface area (Å²) in [6.45, 7) is 0. The van der Waals surface area contributed by atoms with Gasteiger partial charge in [-0.3, -0.25) is 14.4 Å². The van der Waals surface area contributed by atoms with E-state index in [1.54, 1.807) is 7.85 Å². The summed E-state index contributed by atoms with van der Waals surface area (Å²) in [6.07, 6.45) is -3.60. The highest BCUT2D eigenvalue weighted by atomic mass is 19.4. The van der Waals surface area contributed by atoms with Crippen molar-refractivity contribution in [2.75, 3.05) is 0 Å². The molecule has 2 aromatic rings. The first-order chi connectivity index (χ1) is 11.6. The topological polar surface area (TPSA) is 64.3 Å². The van der Waals surface area contributed by atoms with Gasteiger partial charge in [-0.1, -0.05) is 12.1 Å². The van der Waals surface area contributed by atoms with Crippen LogP contribution in [0.25, 0.3) is 5.47 Å². The molecular formula is C16H9B2F3O4. The third kappa shape index (κ3) is 2.65. The van der Waals surface area contributed by atoms with E-state index < -0.39 is 29.1 Å². The lowest BCUT2D eigenvalue weighted by Crippen LogP contribution is -2.25. The van der Waals surface area contributed by atoms with Crippen molar-refractivity contribution in [3.05, 3.63) is 64.0 Å². The summed E-state index contributed by atoms with van der Waals surface area (Å²) in [5.74, 6) is -2.38. The molecule has 0 aliphatic heterocycles. The molecule has 3 rings (SSSR count). The average molecular weight is 344 g/mol. The van der Waals surface area contributed by atoms with Gasteiger partial charge in [0.2, 0.25) is 11.6 Å². The Bertz CT molecular complexity index is 970. The van der Waals surface area contributed by atoms with Gasteiger partial charge in [-0.25, -0.2) is 0 Å². The van der Waals surface area contributed by atoms with Gasteiger partial charge in [-0.05, 0) is 23.1 Å². The van der Waals surface area contributed by atoms with E-state index >= 15 is 0 Å². The first-order valence-electron chi connectivity index (χ1n) is 7.23. The minimum atomic E-state index is -4.60. The molecule has 0 N–H and O–H groups in total. The van der Waals surface area contributed by atoms with Crippen LogP contribution in [0.3, 0.4) is 0 Å². The molecule has 0 spiro atoms. The molecule has 4 nitrogen and oxygen atoms in total. The standard InChI is InChI=1S/C16H9B2F3O4/c17-10-11(18)15-9(13(23)14(10)24)8(5-25-15)12(22)6-2-1-3-7(4-6)16(19,20)21/h1-5H,17-18H2. The summed E-state index contributed by atoms with van der Waals surface area (Å²) in [4.78, 5) is 36.8. The number of ketones is 3. The Morgan fingerprint density at radius 1 is 1.04 bits per heavy atom. The Balaban J connectivity index is 2.12. The quantitative estimate of drug-likeness (QED) is 0.467. The van der Waals surface area contributed by atoms with Crippen molar-refractivity contribution in [1.82, 2.24) is 0 Å². The summed E-state index contributed by atoms with van der Waals surface area (Å²) in [5.41, 5.74) is -1.02. The monoisotopic (exact) mass is 344 g/mol. The second-order valence-electron chi connectivity index (χ2n) is 5.67. The van der Waals surface area contributed by atoms with Crippen LogP contribution in [-0.2, 0) is 11.0 Å². The van der Waals surface area contributed by atoms with Crippen molar-refractivity contribution < 1.29 is 32.0 Å². The van der Waals surface area contributed by atoms with Gasteiger partial charge in [-0.2, -0.15) is 13.2 Å². The smallest absolute Gasteiger partial charge is 0.416 e. The zero-order chi connectivity index (χ0) is 18.5. The summed E-state index contributed by atoms with van der Waals surface area (Å²) in [6, 6.07) is 3.85. The van der Waals surface area contributed by atoms with E-state index in [9.17, 15) is 27.6 Å². The number of halogens is 3. The molecule has 124 valence electrons. The number of carbonyl (C=O) groups is 3. The third-order valence-corrected chi connectivity index (χ3v) is 4.16. The van der Waals surface area contributed by atoms with Crippen molar-refractivity contribution in [3.8, 4) is 0 Å². The maximum Gasteiger partial charge on any atom is 0.416 e. The van der Waals surface area contributed by atoms with E-state index in [1.165, 1.54) is 13.9 Å². The van der Waals surface area contributed by atoms with Crippen molar-refractivity contribution in [1.29, 1.82) is 0 Å². The van der Waals surface area contributed by atoms with E-state index in [2.05, 4.69) is 0 Å². The molecular weight excluding hydrogens is 335 g/mol. The van der Waals surface area contributed by atoms with Crippen LogP contribution in [0, 0.1) is 0 Å². The highest BCUT2D eigenvalue weighted by Crippen LogP contribution is 2.33. The minimum Gasteiger partial charge on any atom is -0.464 e. The highest BCUT2D eigenvalue weighted by Gasteiger charge is 2.36. The lowest BCUT2D eigenvalue weighted by atomic mass is 9.70. The van der Waals surface area contributed by atoms with E-state index in [4.69, 9.17) is 4.42 Å². The van der Waals surface area contributed by atoms with Crippen molar-refractivity contribution in [2.45, 2.75) is 6.18 Å². The molecule has 9 heteroatoms. The predicted molar refractivity (Wildman–Crippen MR) is 86.9 cm³/mol. The summed E-state index contributed by atoms with van der Waals surface area (Å²) in [7, 11) is 3.04. The third-order valence-electron chi connectivity index (χ3n) is 4.16. The summed E-state index contributed by atoms with van der Waals surface area (Å²) >= 11 is 0. The molecule has 0 radical (unpaired) electrons. The van der Waals surface area contributed by atoms with Gasteiger partial charge >= 0.3 is 6.18 Å². The van der Waals surface area contributed by atoms with Crippen LogP contribution in [0.5, 0.6) is 0 Å². The van der Waals surface area contributed by atoms with E-state index in [1.807, 2.05) is 0 Å². The molecule has 1 aliphatic rings. The highest BCUT2D eigenvalue weighted by molar-refractivity contribution is 6.68. The second kappa shape index (κ2) is 5.61. The van der Waals surface area contributed by atoms with Gasteiger partial charge in [0.25, 0.3) is 0 Å². The number of hydrogen-bond donors (Lipinski definition) is 0. The van der Waals surface area contributed by atoms with E-state index in [-0.39, 0.29) is 27.9 Å². The fourth-order valence-electron chi connectivity index (χ4n) is 2.64. The Morgan fingerprint density at radius 3 is 2.36 bits per heavy atom. The molecule has 0 unspecified atom stereocenters. The number of furan rings is 1. The normalized spacial score (nSPS) is 14.7. The summed E-state index contributed by atoms with van der Waals surface area (Å²) < 4.78 is 43.7. The van der Waals surface area contributed by atoms with Crippen LogP contribution >= 0.6 is 0 Å². The van der Waals surface area contributed by atoms with Gasteiger partial charge in [0.05, 0.1) is 16.7 Å². The van der Waals surface area contributed by atoms with Gasteiger partial charge in [0, 0.05) is 5.56 Å². The van der Waals surface area contributed by atoms with Crippen LogP contribution in [0.4, 0.5) is 13.2 Å². The van der Waals surface area contributed by atoms with E-state index in [0.29, 0.717) is 11.5 Å². The molecule has 1 heterocycles. The average Bonchev–Trinajstić information content (AvgIpc) is 3.02. The number of Topliss-reactive ketones (excluding diaryl/α,β-unsaturated/α-hetero) is 2. The number of fused-ring (bicyclic) bond motifs is 1. The van der Waals surface area contributed by atoms with Crippen LogP contribution < -0.4 is 0 Å². The maximum atomic E-state index is 12.8. The van der Waals surface area contributed by atoms with Crippen LogP contribution in [0.15, 0.2) is 40.4 Å². The molecule has 0 atom stereocenters. The van der Waals surface area contributed by atoms with Crippen molar-refractivity contribution >= 4 is 38.5 Å². The minimum absolute atomic E-state index is 0.0948. The van der Waals surface area contributed by atoms with Gasteiger partial charge in [0.15, 0.2) is 5.78 Å².